The Bertz CT molecular complexity index is 617. The van der Waals surface area contributed by atoms with Gasteiger partial charge >= 0.3 is 0 Å². The van der Waals surface area contributed by atoms with Gasteiger partial charge in [-0.1, -0.05) is 12.1 Å². The molecule has 0 unspecified atom stereocenters. The summed E-state index contributed by atoms with van der Waals surface area (Å²) in [4.78, 5) is 12.0. The molecule has 0 saturated heterocycles. The average Bonchev–Trinajstić information content (AvgIpc) is 2.70. The summed E-state index contributed by atoms with van der Waals surface area (Å²) in [7, 11) is 1.77. The summed E-state index contributed by atoms with van der Waals surface area (Å²) in [6.45, 7) is 1.87. The summed E-state index contributed by atoms with van der Waals surface area (Å²) < 4.78 is 1.63. The van der Waals surface area contributed by atoms with Crippen molar-refractivity contribution in [3.63, 3.8) is 0 Å². The number of nitrogens with zero attached hydrogens (tertiary/aromatic N) is 3. The predicted octanol–water partition coefficient (Wildman–Crippen LogP) is 1.85. The quantitative estimate of drug-likeness (QED) is 0.870. The molecule has 0 saturated carbocycles. The zero-order chi connectivity index (χ0) is 13.1. The average molecular weight is 240 g/mol. The van der Waals surface area contributed by atoms with Crippen LogP contribution in [-0.2, 0) is 7.05 Å². The first-order chi connectivity index (χ1) is 8.61. The summed E-state index contributed by atoms with van der Waals surface area (Å²) in [5.74, 6) is -0.318. The molecule has 0 aliphatic carbocycles. The zero-order valence-corrected chi connectivity index (χ0v) is 10.1. The third kappa shape index (κ3) is 2.23. The molecule has 1 aromatic carbocycles. The fourth-order valence-corrected chi connectivity index (χ4v) is 1.55. The van der Waals surface area contributed by atoms with Crippen molar-refractivity contribution >= 4 is 11.6 Å². The molecular formula is C13H12N4O. The van der Waals surface area contributed by atoms with E-state index in [2.05, 4.69) is 10.4 Å². The van der Waals surface area contributed by atoms with E-state index in [4.69, 9.17) is 5.26 Å². The Balaban J connectivity index is 2.24. The second kappa shape index (κ2) is 4.72. The SMILES string of the molecule is Cc1cc(C(=O)Nc2ccccc2C#N)nn1C. The third-order valence-electron chi connectivity index (χ3n) is 2.64. The standard InChI is InChI=1S/C13H12N4O/c1-9-7-12(16-17(9)2)13(18)15-11-6-4-3-5-10(11)8-14/h3-7H,1-2H3,(H,15,18). The van der Waals surface area contributed by atoms with E-state index in [1.807, 2.05) is 13.0 Å². The second-order valence-corrected chi connectivity index (χ2v) is 3.91. The van der Waals surface area contributed by atoms with Gasteiger partial charge in [0.25, 0.3) is 5.91 Å². The summed E-state index contributed by atoms with van der Waals surface area (Å²) in [6.07, 6.45) is 0. The molecule has 0 aliphatic rings. The molecule has 0 spiro atoms. The number of hydrogen-bond donors (Lipinski definition) is 1. The van der Waals surface area contributed by atoms with Crippen LogP contribution < -0.4 is 5.32 Å². The minimum absolute atomic E-state index is 0.318. The van der Waals surface area contributed by atoms with Gasteiger partial charge in [-0.25, -0.2) is 0 Å². The van der Waals surface area contributed by atoms with Crippen molar-refractivity contribution in [1.82, 2.24) is 9.78 Å². The molecule has 1 aromatic heterocycles. The van der Waals surface area contributed by atoms with Gasteiger partial charge < -0.3 is 5.32 Å². The van der Waals surface area contributed by atoms with Crippen LogP contribution in [0.5, 0.6) is 0 Å². The largest absolute Gasteiger partial charge is 0.319 e. The van der Waals surface area contributed by atoms with Crippen molar-refractivity contribution in [3.8, 4) is 6.07 Å². The minimum Gasteiger partial charge on any atom is -0.319 e. The number of anilines is 1. The van der Waals surface area contributed by atoms with E-state index in [1.54, 1.807) is 42.1 Å². The number of benzene rings is 1. The highest BCUT2D eigenvalue weighted by Crippen LogP contribution is 2.14. The van der Waals surface area contributed by atoms with Crippen LogP contribution in [0.4, 0.5) is 5.69 Å². The highest BCUT2D eigenvalue weighted by atomic mass is 16.1. The van der Waals surface area contributed by atoms with Crippen LogP contribution in [0, 0.1) is 18.3 Å². The predicted molar refractivity (Wildman–Crippen MR) is 67.1 cm³/mol. The highest BCUT2D eigenvalue weighted by molar-refractivity contribution is 6.03. The van der Waals surface area contributed by atoms with Gasteiger partial charge in [-0.3, -0.25) is 9.48 Å². The summed E-state index contributed by atoms with van der Waals surface area (Å²) in [5.41, 5.74) is 2.16. The first kappa shape index (κ1) is 11.9. The molecular weight excluding hydrogens is 228 g/mol. The lowest BCUT2D eigenvalue weighted by Crippen LogP contribution is -2.13. The number of carbonyl (C=O) groups is 1. The number of para-hydroxylation sites is 1. The smallest absolute Gasteiger partial charge is 0.276 e. The molecule has 90 valence electrons. The van der Waals surface area contributed by atoms with Crippen molar-refractivity contribution in [2.24, 2.45) is 7.05 Å². The van der Waals surface area contributed by atoms with Crippen molar-refractivity contribution in [1.29, 1.82) is 5.26 Å². The molecule has 1 N–H and O–H groups in total. The molecule has 5 heteroatoms. The van der Waals surface area contributed by atoms with E-state index in [0.29, 0.717) is 16.9 Å². The fraction of sp³-hybridized carbons (Fsp3) is 0.154. The van der Waals surface area contributed by atoms with Crippen molar-refractivity contribution in [2.45, 2.75) is 6.92 Å². The molecule has 2 aromatic rings. The number of nitrogens with one attached hydrogen (secondary N) is 1. The lowest BCUT2D eigenvalue weighted by Gasteiger charge is -2.04. The first-order valence-electron chi connectivity index (χ1n) is 5.43. The monoisotopic (exact) mass is 240 g/mol. The number of rotatable bonds is 2. The van der Waals surface area contributed by atoms with E-state index >= 15 is 0 Å². The zero-order valence-electron chi connectivity index (χ0n) is 10.1. The maximum absolute atomic E-state index is 12.0. The molecule has 5 nitrogen and oxygen atoms in total. The van der Waals surface area contributed by atoms with Crippen LogP contribution in [0.1, 0.15) is 21.7 Å². The maximum atomic E-state index is 12.0. The van der Waals surface area contributed by atoms with Crippen LogP contribution in [0.15, 0.2) is 30.3 Å². The van der Waals surface area contributed by atoms with Crippen molar-refractivity contribution < 1.29 is 4.79 Å². The number of nitriles is 1. The first-order valence-corrected chi connectivity index (χ1v) is 5.43. The number of aromatic nitrogens is 2. The number of amides is 1. The van der Waals surface area contributed by atoms with E-state index in [-0.39, 0.29) is 5.91 Å². The molecule has 1 amide bonds. The Morgan fingerprint density at radius 2 is 2.17 bits per heavy atom. The van der Waals surface area contributed by atoms with Gasteiger partial charge in [0.15, 0.2) is 5.69 Å². The third-order valence-corrected chi connectivity index (χ3v) is 2.64. The molecule has 0 aliphatic heterocycles. The van der Waals surface area contributed by atoms with Crippen molar-refractivity contribution in [3.05, 3.63) is 47.3 Å². The van der Waals surface area contributed by atoms with Gasteiger partial charge in [-0.15, -0.1) is 0 Å². The Kier molecular flexibility index (Phi) is 3.11. The van der Waals surface area contributed by atoms with Crippen LogP contribution in [0.2, 0.25) is 0 Å². The van der Waals surface area contributed by atoms with Gasteiger partial charge in [0, 0.05) is 12.7 Å². The van der Waals surface area contributed by atoms with Gasteiger partial charge in [-0.05, 0) is 25.1 Å². The van der Waals surface area contributed by atoms with E-state index in [9.17, 15) is 4.79 Å². The summed E-state index contributed by atoms with van der Waals surface area (Å²) >= 11 is 0. The van der Waals surface area contributed by atoms with Gasteiger partial charge in [-0.2, -0.15) is 10.4 Å². The van der Waals surface area contributed by atoms with Gasteiger partial charge in [0.05, 0.1) is 11.3 Å². The molecule has 2 rings (SSSR count). The molecule has 0 fully saturated rings. The minimum atomic E-state index is -0.318. The van der Waals surface area contributed by atoms with Crippen LogP contribution in [0.3, 0.4) is 0 Å². The summed E-state index contributed by atoms with van der Waals surface area (Å²) in [6, 6.07) is 10.6. The van der Waals surface area contributed by atoms with Crippen LogP contribution >= 0.6 is 0 Å². The van der Waals surface area contributed by atoms with Crippen LogP contribution in [0.25, 0.3) is 0 Å². The Morgan fingerprint density at radius 1 is 1.44 bits per heavy atom. The maximum Gasteiger partial charge on any atom is 0.276 e. The van der Waals surface area contributed by atoms with Gasteiger partial charge in [0.2, 0.25) is 0 Å². The van der Waals surface area contributed by atoms with Gasteiger partial charge in [0.1, 0.15) is 6.07 Å². The lowest BCUT2D eigenvalue weighted by molar-refractivity contribution is 0.102. The van der Waals surface area contributed by atoms with E-state index in [0.717, 1.165) is 5.69 Å². The number of carbonyl (C=O) groups excluding carboxylic acids is 1. The normalized spacial score (nSPS) is 9.83. The Labute approximate surface area is 105 Å². The number of aryl methyl sites for hydroxylation is 2. The van der Waals surface area contributed by atoms with E-state index < -0.39 is 0 Å². The molecule has 0 radical (unpaired) electrons. The lowest BCUT2D eigenvalue weighted by atomic mass is 10.2. The van der Waals surface area contributed by atoms with Crippen LogP contribution in [-0.4, -0.2) is 15.7 Å². The molecule has 0 bridgehead atoms. The second-order valence-electron chi connectivity index (χ2n) is 3.91. The molecule has 18 heavy (non-hydrogen) atoms. The number of hydrogen-bond acceptors (Lipinski definition) is 3. The summed E-state index contributed by atoms with van der Waals surface area (Å²) in [5, 5.41) is 15.7. The Morgan fingerprint density at radius 3 is 2.78 bits per heavy atom. The van der Waals surface area contributed by atoms with Crippen molar-refractivity contribution in [2.75, 3.05) is 5.32 Å². The molecule has 0 atom stereocenters. The highest BCUT2D eigenvalue weighted by Gasteiger charge is 2.12. The Hall–Kier alpha value is -2.61. The van der Waals surface area contributed by atoms with E-state index in [1.165, 1.54) is 0 Å². The topological polar surface area (TPSA) is 70.7 Å². The fourth-order valence-electron chi connectivity index (χ4n) is 1.55. The molecule has 1 heterocycles.